The van der Waals surface area contributed by atoms with Crippen molar-refractivity contribution in [3.63, 3.8) is 0 Å². The van der Waals surface area contributed by atoms with Crippen molar-refractivity contribution in [3.8, 4) is 5.69 Å². The number of hydrogen-bond donors (Lipinski definition) is 1. The van der Waals surface area contributed by atoms with Gasteiger partial charge in [-0.15, -0.1) is 5.10 Å². The summed E-state index contributed by atoms with van der Waals surface area (Å²) in [6.07, 6.45) is -0.0235. The Balaban J connectivity index is 1.71. The molecule has 4 rings (SSSR count). The van der Waals surface area contributed by atoms with Gasteiger partial charge in [0.05, 0.1) is 11.8 Å². The van der Waals surface area contributed by atoms with Crippen LogP contribution in [0.25, 0.3) is 5.69 Å². The zero-order valence-corrected chi connectivity index (χ0v) is 15.7. The highest BCUT2D eigenvalue weighted by molar-refractivity contribution is 5.77. The summed E-state index contributed by atoms with van der Waals surface area (Å²) < 4.78 is 2.78. The average Bonchev–Trinajstić information content (AvgIpc) is 2.96. The third kappa shape index (κ3) is 3.61. The first-order chi connectivity index (χ1) is 13.5. The van der Waals surface area contributed by atoms with E-state index >= 15 is 0 Å². The molecule has 0 radical (unpaired) electrons. The number of benzene rings is 2. The number of hydrogen-bond acceptors (Lipinski definition) is 4. The van der Waals surface area contributed by atoms with Crippen LogP contribution in [-0.2, 0) is 17.8 Å². The largest absolute Gasteiger partial charge is 0.389 e. The number of aliphatic hydroxyl groups is 1. The predicted octanol–water partition coefficient (Wildman–Crippen LogP) is 1.14. The van der Waals surface area contributed by atoms with Crippen LogP contribution in [0.1, 0.15) is 17.0 Å². The molecule has 1 saturated heterocycles. The number of aryl methyl sites for hydroxylation is 1. The fraction of sp³-hybridized carbons (Fsp3) is 0.286. The zero-order valence-electron chi connectivity index (χ0n) is 15.7. The van der Waals surface area contributed by atoms with E-state index in [1.54, 1.807) is 4.90 Å². The van der Waals surface area contributed by atoms with E-state index in [9.17, 15) is 14.7 Å². The van der Waals surface area contributed by atoms with E-state index in [0.29, 0.717) is 31.0 Å². The average molecular weight is 378 g/mol. The number of rotatable bonds is 5. The molecule has 1 amide bonds. The Morgan fingerprint density at radius 2 is 1.89 bits per heavy atom. The summed E-state index contributed by atoms with van der Waals surface area (Å²) in [6.45, 7) is 2.50. The van der Waals surface area contributed by atoms with Gasteiger partial charge in [-0.25, -0.2) is 4.79 Å². The summed E-state index contributed by atoms with van der Waals surface area (Å²) in [5, 5.41) is 14.0. The van der Waals surface area contributed by atoms with Crippen molar-refractivity contribution >= 4 is 5.91 Å². The number of β-amino-alcohol motifs (C(OH)–C–C–N with tert-alkyl or cyclic N) is 1. The highest BCUT2D eigenvalue weighted by atomic mass is 16.3. The maximum Gasteiger partial charge on any atom is 0.351 e. The van der Waals surface area contributed by atoms with Gasteiger partial charge in [-0.05, 0) is 30.2 Å². The lowest BCUT2D eigenvalue weighted by Gasteiger charge is -2.35. The van der Waals surface area contributed by atoms with E-state index in [0.717, 1.165) is 11.1 Å². The van der Waals surface area contributed by atoms with Crippen molar-refractivity contribution in [2.45, 2.75) is 26.0 Å². The fourth-order valence-electron chi connectivity index (χ4n) is 3.33. The Hall–Kier alpha value is -3.19. The number of aromatic nitrogens is 3. The highest BCUT2D eigenvalue weighted by Gasteiger charge is 2.30. The van der Waals surface area contributed by atoms with Gasteiger partial charge >= 0.3 is 5.69 Å². The van der Waals surface area contributed by atoms with Crippen LogP contribution < -0.4 is 5.69 Å². The number of amides is 1. The van der Waals surface area contributed by atoms with Crippen LogP contribution in [-0.4, -0.2) is 49.5 Å². The molecular weight excluding hydrogens is 356 g/mol. The summed E-state index contributed by atoms with van der Waals surface area (Å²) in [5.74, 6) is 0.345. The number of carbonyl (C=O) groups excluding carboxylic acids is 1. The van der Waals surface area contributed by atoms with Crippen molar-refractivity contribution in [1.29, 1.82) is 0 Å². The van der Waals surface area contributed by atoms with Gasteiger partial charge in [0, 0.05) is 19.5 Å². The molecule has 1 aliphatic heterocycles. The molecule has 1 aromatic heterocycles. The molecule has 7 heteroatoms. The Bertz CT molecular complexity index is 1050. The molecule has 2 heterocycles. The SMILES string of the molecule is Cc1cccc(-n2nc(Cc3ccccc3)n(CC(=O)N3CC(O)C3)c2=O)c1. The molecule has 0 bridgehead atoms. The molecule has 3 aromatic rings. The van der Waals surface area contributed by atoms with E-state index in [4.69, 9.17) is 0 Å². The Kier molecular flexibility index (Phi) is 4.83. The minimum absolute atomic E-state index is 0.0838. The van der Waals surface area contributed by atoms with Gasteiger partial charge in [0.15, 0.2) is 0 Å². The summed E-state index contributed by atoms with van der Waals surface area (Å²) in [4.78, 5) is 27.1. The number of aliphatic hydroxyl groups excluding tert-OH is 1. The first-order valence-corrected chi connectivity index (χ1v) is 9.27. The molecule has 28 heavy (non-hydrogen) atoms. The normalized spacial score (nSPS) is 14.1. The lowest BCUT2D eigenvalue weighted by Crippen LogP contribution is -2.54. The molecule has 2 aromatic carbocycles. The quantitative estimate of drug-likeness (QED) is 0.722. The van der Waals surface area contributed by atoms with Crippen LogP contribution in [0.3, 0.4) is 0 Å². The minimum atomic E-state index is -0.473. The Labute approximate surface area is 162 Å². The van der Waals surface area contributed by atoms with Crippen molar-refractivity contribution in [1.82, 2.24) is 19.2 Å². The van der Waals surface area contributed by atoms with Crippen molar-refractivity contribution in [2.24, 2.45) is 0 Å². The van der Waals surface area contributed by atoms with Gasteiger partial charge in [-0.2, -0.15) is 4.68 Å². The van der Waals surface area contributed by atoms with Crippen LogP contribution >= 0.6 is 0 Å². The first-order valence-electron chi connectivity index (χ1n) is 9.27. The van der Waals surface area contributed by atoms with Gasteiger partial charge in [-0.3, -0.25) is 9.36 Å². The number of carbonyl (C=O) groups is 1. The van der Waals surface area contributed by atoms with Gasteiger partial charge in [-0.1, -0.05) is 42.5 Å². The zero-order chi connectivity index (χ0) is 19.7. The molecule has 0 spiro atoms. The number of nitrogens with zero attached hydrogens (tertiary/aromatic N) is 4. The maximum atomic E-state index is 13.1. The molecule has 0 atom stereocenters. The standard InChI is InChI=1S/C21H22N4O3/c1-15-6-5-9-17(10-15)25-21(28)24(14-20(27)23-12-18(26)13-23)19(22-25)11-16-7-3-2-4-8-16/h2-10,18,26H,11-14H2,1H3. The van der Waals surface area contributed by atoms with Crippen molar-refractivity contribution in [2.75, 3.05) is 13.1 Å². The molecule has 7 nitrogen and oxygen atoms in total. The van der Waals surface area contributed by atoms with Crippen LogP contribution in [0, 0.1) is 6.92 Å². The third-order valence-corrected chi connectivity index (χ3v) is 4.90. The molecule has 0 unspecified atom stereocenters. The highest BCUT2D eigenvalue weighted by Crippen LogP contribution is 2.13. The Morgan fingerprint density at radius 3 is 2.57 bits per heavy atom. The van der Waals surface area contributed by atoms with E-state index in [1.807, 2.05) is 61.5 Å². The van der Waals surface area contributed by atoms with E-state index in [-0.39, 0.29) is 18.1 Å². The van der Waals surface area contributed by atoms with Gasteiger partial charge in [0.2, 0.25) is 5.91 Å². The second-order valence-electron chi connectivity index (χ2n) is 7.15. The van der Waals surface area contributed by atoms with Crippen LogP contribution in [0.5, 0.6) is 0 Å². The molecule has 0 aliphatic carbocycles. The Morgan fingerprint density at radius 1 is 1.14 bits per heavy atom. The number of likely N-dealkylation sites (tertiary alicyclic amines) is 1. The summed E-state index contributed by atoms with van der Waals surface area (Å²) in [6, 6.07) is 17.3. The summed E-state index contributed by atoms with van der Waals surface area (Å²) in [5.41, 5.74) is 2.36. The van der Waals surface area contributed by atoms with Crippen LogP contribution in [0.4, 0.5) is 0 Å². The van der Waals surface area contributed by atoms with Crippen molar-refractivity contribution in [3.05, 3.63) is 82.0 Å². The lowest BCUT2D eigenvalue weighted by molar-refractivity contribution is -0.142. The summed E-state index contributed by atoms with van der Waals surface area (Å²) in [7, 11) is 0. The van der Waals surface area contributed by atoms with Crippen molar-refractivity contribution < 1.29 is 9.90 Å². The fourth-order valence-corrected chi connectivity index (χ4v) is 3.33. The van der Waals surface area contributed by atoms with E-state index in [1.165, 1.54) is 9.25 Å². The maximum absolute atomic E-state index is 13.1. The molecular formula is C21H22N4O3. The van der Waals surface area contributed by atoms with E-state index < -0.39 is 6.10 Å². The lowest BCUT2D eigenvalue weighted by atomic mass is 10.1. The van der Waals surface area contributed by atoms with E-state index in [2.05, 4.69) is 5.10 Å². The van der Waals surface area contributed by atoms with Gasteiger partial charge in [0.1, 0.15) is 12.4 Å². The van der Waals surface area contributed by atoms with Gasteiger partial charge in [0.25, 0.3) is 0 Å². The topological polar surface area (TPSA) is 80.4 Å². The second-order valence-corrected chi connectivity index (χ2v) is 7.15. The molecule has 1 N–H and O–H groups in total. The van der Waals surface area contributed by atoms with Crippen LogP contribution in [0.2, 0.25) is 0 Å². The monoisotopic (exact) mass is 378 g/mol. The summed E-state index contributed by atoms with van der Waals surface area (Å²) >= 11 is 0. The molecule has 1 fully saturated rings. The van der Waals surface area contributed by atoms with Crippen LogP contribution in [0.15, 0.2) is 59.4 Å². The minimum Gasteiger partial charge on any atom is -0.389 e. The molecule has 0 saturated carbocycles. The first kappa shape index (κ1) is 18.2. The van der Waals surface area contributed by atoms with Gasteiger partial charge < -0.3 is 10.0 Å². The smallest absolute Gasteiger partial charge is 0.351 e. The third-order valence-electron chi connectivity index (χ3n) is 4.90. The second kappa shape index (κ2) is 7.44. The molecule has 1 aliphatic rings. The predicted molar refractivity (Wildman–Crippen MR) is 104 cm³/mol. The molecule has 144 valence electrons.